The van der Waals surface area contributed by atoms with Crippen molar-refractivity contribution in [1.29, 1.82) is 0 Å². The highest BCUT2D eigenvalue weighted by molar-refractivity contribution is 9.10. The topological polar surface area (TPSA) is 20.2 Å². The van der Waals surface area contributed by atoms with E-state index in [0.29, 0.717) is 0 Å². The fourth-order valence-electron chi connectivity index (χ4n) is 1.56. The summed E-state index contributed by atoms with van der Waals surface area (Å²) in [5, 5.41) is 10.3. The number of hydrogen-bond donors (Lipinski definition) is 1. The second-order valence-corrected chi connectivity index (χ2v) is 6.27. The van der Waals surface area contributed by atoms with E-state index in [4.69, 9.17) is 11.6 Å². The van der Waals surface area contributed by atoms with Crippen molar-refractivity contribution in [3.05, 3.63) is 57.5 Å². The van der Waals surface area contributed by atoms with Crippen LogP contribution < -0.4 is 0 Å². The zero-order valence-electron chi connectivity index (χ0n) is 9.73. The quantitative estimate of drug-likeness (QED) is 0.815. The first-order chi connectivity index (χ1) is 8.58. The Kier molecular flexibility index (Phi) is 4.73. The summed E-state index contributed by atoms with van der Waals surface area (Å²) in [6.07, 6.45) is -0.473. The molecule has 0 aromatic heterocycles. The molecule has 0 spiro atoms. The number of rotatable bonds is 3. The SMILES string of the molecule is C[C@@H](O)c1ccc(Sc2ccccc2Cl)cc1Br. The van der Waals surface area contributed by atoms with Crippen LogP contribution in [0.5, 0.6) is 0 Å². The summed E-state index contributed by atoms with van der Waals surface area (Å²) in [4.78, 5) is 2.11. The van der Waals surface area contributed by atoms with Crippen LogP contribution in [0.25, 0.3) is 0 Å². The molecule has 0 saturated heterocycles. The molecule has 1 N–H and O–H groups in total. The van der Waals surface area contributed by atoms with Crippen LogP contribution in [0.15, 0.2) is 56.7 Å². The van der Waals surface area contributed by atoms with Gasteiger partial charge in [0, 0.05) is 14.3 Å². The number of aliphatic hydroxyl groups is 1. The fourth-order valence-corrected chi connectivity index (χ4v) is 3.56. The zero-order chi connectivity index (χ0) is 13.1. The first-order valence-electron chi connectivity index (χ1n) is 5.48. The van der Waals surface area contributed by atoms with E-state index in [9.17, 15) is 5.11 Å². The van der Waals surface area contributed by atoms with Gasteiger partial charge in [-0.15, -0.1) is 0 Å². The minimum Gasteiger partial charge on any atom is -0.389 e. The third-order valence-electron chi connectivity index (χ3n) is 2.49. The molecule has 0 fully saturated rings. The molecule has 0 heterocycles. The van der Waals surface area contributed by atoms with Crippen LogP contribution in [0.1, 0.15) is 18.6 Å². The molecule has 0 unspecified atom stereocenters. The van der Waals surface area contributed by atoms with E-state index >= 15 is 0 Å². The van der Waals surface area contributed by atoms with Crippen molar-refractivity contribution in [2.75, 3.05) is 0 Å². The lowest BCUT2D eigenvalue weighted by Crippen LogP contribution is -1.92. The van der Waals surface area contributed by atoms with Crippen molar-refractivity contribution >= 4 is 39.3 Å². The van der Waals surface area contributed by atoms with Crippen LogP contribution in [0.2, 0.25) is 5.02 Å². The average molecular weight is 344 g/mol. The maximum atomic E-state index is 9.57. The van der Waals surface area contributed by atoms with Gasteiger partial charge < -0.3 is 5.11 Å². The average Bonchev–Trinajstić information content (AvgIpc) is 2.32. The molecule has 0 aliphatic carbocycles. The van der Waals surface area contributed by atoms with Crippen molar-refractivity contribution in [3.8, 4) is 0 Å². The number of benzene rings is 2. The Labute approximate surface area is 124 Å². The predicted molar refractivity (Wildman–Crippen MR) is 80.4 cm³/mol. The monoisotopic (exact) mass is 342 g/mol. The molecule has 2 aromatic rings. The first kappa shape index (κ1) is 13.9. The van der Waals surface area contributed by atoms with Crippen molar-refractivity contribution in [1.82, 2.24) is 0 Å². The molecule has 18 heavy (non-hydrogen) atoms. The third kappa shape index (κ3) is 3.29. The van der Waals surface area contributed by atoms with Gasteiger partial charge in [0.15, 0.2) is 0 Å². The van der Waals surface area contributed by atoms with Gasteiger partial charge in [-0.1, -0.05) is 57.5 Å². The van der Waals surface area contributed by atoms with Gasteiger partial charge in [-0.05, 0) is 36.8 Å². The van der Waals surface area contributed by atoms with Crippen molar-refractivity contribution in [3.63, 3.8) is 0 Å². The predicted octanol–water partition coefficient (Wildman–Crippen LogP) is 5.31. The van der Waals surface area contributed by atoms with E-state index < -0.39 is 6.10 Å². The molecule has 0 amide bonds. The molecular weight excluding hydrogens is 332 g/mol. The maximum absolute atomic E-state index is 9.57. The summed E-state index contributed by atoms with van der Waals surface area (Å²) in [5.41, 5.74) is 0.888. The van der Waals surface area contributed by atoms with Crippen LogP contribution in [0, 0.1) is 0 Å². The van der Waals surface area contributed by atoms with E-state index in [2.05, 4.69) is 15.9 Å². The summed E-state index contributed by atoms with van der Waals surface area (Å²) in [5.74, 6) is 0. The highest BCUT2D eigenvalue weighted by Crippen LogP contribution is 2.35. The molecule has 0 radical (unpaired) electrons. The summed E-state index contributed by atoms with van der Waals surface area (Å²) in [6.45, 7) is 1.75. The van der Waals surface area contributed by atoms with E-state index in [1.807, 2.05) is 42.5 Å². The van der Waals surface area contributed by atoms with Gasteiger partial charge in [0.25, 0.3) is 0 Å². The third-order valence-corrected chi connectivity index (χ3v) is 4.68. The lowest BCUT2D eigenvalue weighted by molar-refractivity contribution is 0.198. The van der Waals surface area contributed by atoms with Gasteiger partial charge in [-0.3, -0.25) is 0 Å². The summed E-state index contributed by atoms with van der Waals surface area (Å²) < 4.78 is 0.912. The first-order valence-corrected chi connectivity index (χ1v) is 7.46. The van der Waals surface area contributed by atoms with E-state index in [1.54, 1.807) is 18.7 Å². The molecule has 1 nitrogen and oxygen atoms in total. The van der Waals surface area contributed by atoms with Crippen LogP contribution in [-0.2, 0) is 0 Å². The minimum absolute atomic E-state index is 0.473. The smallest absolute Gasteiger partial charge is 0.0772 e. The Morgan fingerprint density at radius 3 is 2.56 bits per heavy atom. The second-order valence-electron chi connectivity index (χ2n) is 3.89. The van der Waals surface area contributed by atoms with Crippen molar-refractivity contribution in [2.24, 2.45) is 0 Å². The van der Waals surface area contributed by atoms with Gasteiger partial charge in [0.1, 0.15) is 0 Å². The molecule has 94 valence electrons. The highest BCUT2D eigenvalue weighted by atomic mass is 79.9. The Bertz CT molecular complexity index is 557. The minimum atomic E-state index is -0.473. The number of aliphatic hydroxyl groups excluding tert-OH is 1. The second kappa shape index (κ2) is 6.11. The lowest BCUT2D eigenvalue weighted by Gasteiger charge is -2.10. The van der Waals surface area contributed by atoms with Gasteiger partial charge in [-0.2, -0.15) is 0 Å². The van der Waals surface area contributed by atoms with Crippen molar-refractivity contribution < 1.29 is 5.11 Å². The summed E-state index contributed by atoms with van der Waals surface area (Å²) >= 11 is 11.2. The van der Waals surface area contributed by atoms with E-state index in [1.165, 1.54) is 0 Å². The summed E-state index contributed by atoms with van der Waals surface area (Å²) in [6, 6.07) is 13.7. The zero-order valence-corrected chi connectivity index (χ0v) is 12.9. The van der Waals surface area contributed by atoms with Gasteiger partial charge >= 0.3 is 0 Å². The molecule has 2 aromatic carbocycles. The Morgan fingerprint density at radius 2 is 1.94 bits per heavy atom. The van der Waals surface area contributed by atoms with Gasteiger partial charge in [0.2, 0.25) is 0 Å². The molecule has 0 saturated carbocycles. The molecule has 1 atom stereocenters. The van der Waals surface area contributed by atoms with E-state index in [-0.39, 0.29) is 0 Å². The molecule has 0 aliphatic rings. The van der Waals surface area contributed by atoms with Crippen LogP contribution in [-0.4, -0.2) is 5.11 Å². The largest absolute Gasteiger partial charge is 0.389 e. The van der Waals surface area contributed by atoms with Crippen LogP contribution in [0.3, 0.4) is 0 Å². The lowest BCUT2D eigenvalue weighted by atomic mass is 10.1. The van der Waals surface area contributed by atoms with Crippen molar-refractivity contribution in [2.45, 2.75) is 22.8 Å². The molecule has 4 heteroatoms. The Morgan fingerprint density at radius 1 is 1.22 bits per heavy atom. The molecular formula is C14H12BrClOS. The fraction of sp³-hybridized carbons (Fsp3) is 0.143. The molecule has 0 bridgehead atoms. The van der Waals surface area contributed by atoms with Crippen LogP contribution in [0.4, 0.5) is 0 Å². The van der Waals surface area contributed by atoms with Gasteiger partial charge in [-0.25, -0.2) is 0 Å². The Balaban J connectivity index is 2.26. The Hall–Kier alpha value is -0.480. The van der Waals surface area contributed by atoms with Gasteiger partial charge in [0.05, 0.1) is 11.1 Å². The molecule has 0 aliphatic heterocycles. The standard InChI is InChI=1S/C14H12BrClOS/c1-9(17)11-7-6-10(8-12(11)15)18-14-5-3-2-4-13(14)16/h2-9,17H,1H3/t9-/m1/s1. The van der Waals surface area contributed by atoms with Crippen LogP contribution >= 0.6 is 39.3 Å². The number of halogens is 2. The normalized spacial score (nSPS) is 12.4. The summed E-state index contributed by atoms with van der Waals surface area (Å²) in [7, 11) is 0. The highest BCUT2D eigenvalue weighted by Gasteiger charge is 2.08. The molecule has 2 rings (SSSR count). The number of hydrogen-bond acceptors (Lipinski definition) is 2. The van der Waals surface area contributed by atoms with E-state index in [0.717, 1.165) is 24.8 Å². The maximum Gasteiger partial charge on any atom is 0.0772 e.